The number of carbonyl (C=O) groups excluding carboxylic acids is 1. The summed E-state index contributed by atoms with van der Waals surface area (Å²) in [5.74, 6) is 1.31. The van der Waals surface area contributed by atoms with Crippen molar-refractivity contribution < 1.29 is 4.79 Å². The number of rotatable bonds is 9. The first-order valence-electron chi connectivity index (χ1n) is 8.23. The molecule has 1 aromatic heterocycles. The molecule has 0 saturated heterocycles. The zero-order chi connectivity index (χ0) is 16.5. The van der Waals surface area contributed by atoms with E-state index in [-0.39, 0.29) is 11.9 Å². The summed E-state index contributed by atoms with van der Waals surface area (Å²) < 4.78 is 0. The highest BCUT2D eigenvalue weighted by Crippen LogP contribution is 2.12. The minimum atomic E-state index is -0.103. The van der Waals surface area contributed by atoms with Crippen LogP contribution >= 0.6 is 0 Å². The Morgan fingerprint density at radius 1 is 1.36 bits per heavy atom. The van der Waals surface area contributed by atoms with Crippen LogP contribution in [0.1, 0.15) is 50.9 Å². The number of nitrogens with two attached hydrogens (primary N) is 1. The summed E-state index contributed by atoms with van der Waals surface area (Å²) in [5.41, 5.74) is 6.31. The van der Waals surface area contributed by atoms with E-state index < -0.39 is 0 Å². The maximum atomic E-state index is 12.3. The van der Waals surface area contributed by atoms with E-state index >= 15 is 0 Å². The monoisotopic (exact) mass is 306 g/mol. The fraction of sp³-hybridized carbons (Fsp3) is 0.647. The van der Waals surface area contributed by atoms with E-state index in [9.17, 15) is 4.79 Å². The Hall–Kier alpha value is -1.62. The number of hydrogen-bond acceptors (Lipinski definition) is 4. The van der Waals surface area contributed by atoms with Crippen LogP contribution in [0.2, 0.25) is 0 Å². The average Bonchev–Trinajstić information content (AvgIpc) is 2.51. The molecule has 3 N–H and O–H groups in total. The van der Waals surface area contributed by atoms with Gasteiger partial charge >= 0.3 is 0 Å². The average molecular weight is 306 g/mol. The van der Waals surface area contributed by atoms with Crippen LogP contribution < -0.4 is 16.0 Å². The van der Waals surface area contributed by atoms with Gasteiger partial charge in [-0.1, -0.05) is 20.8 Å². The molecule has 0 aromatic carbocycles. The molecule has 1 aromatic rings. The van der Waals surface area contributed by atoms with Crippen molar-refractivity contribution >= 4 is 11.7 Å². The smallest absolute Gasteiger partial charge is 0.253 e. The summed E-state index contributed by atoms with van der Waals surface area (Å²) in [5, 5.41) is 2.98. The van der Waals surface area contributed by atoms with Crippen LogP contribution in [0.15, 0.2) is 18.3 Å². The Bertz CT molecular complexity index is 444. The molecule has 0 fully saturated rings. The molecule has 1 amide bonds. The van der Waals surface area contributed by atoms with Crippen molar-refractivity contribution in [2.24, 2.45) is 11.7 Å². The van der Waals surface area contributed by atoms with Crippen molar-refractivity contribution in [1.82, 2.24) is 10.3 Å². The molecular formula is C17H30N4O. The number of aromatic nitrogens is 1. The molecule has 0 bridgehead atoms. The predicted molar refractivity (Wildman–Crippen MR) is 92.2 cm³/mol. The number of carbonyl (C=O) groups is 1. The summed E-state index contributed by atoms with van der Waals surface area (Å²) in [6.07, 6.45) is 3.60. The van der Waals surface area contributed by atoms with E-state index in [2.05, 4.69) is 42.9 Å². The van der Waals surface area contributed by atoms with Crippen LogP contribution in [0.4, 0.5) is 5.82 Å². The van der Waals surface area contributed by atoms with Gasteiger partial charge in [-0.05, 0) is 37.8 Å². The zero-order valence-corrected chi connectivity index (χ0v) is 14.3. The van der Waals surface area contributed by atoms with Gasteiger partial charge in [-0.3, -0.25) is 4.79 Å². The fourth-order valence-electron chi connectivity index (χ4n) is 2.46. The standard InChI is InChI=1S/C17H30N4O/c1-5-9-21(6-2)16-8-7-14(12-19-16)17(22)20-15(11-18)10-13(3)4/h7-8,12-13,15H,5-6,9-11,18H2,1-4H3,(H,20,22). The van der Waals surface area contributed by atoms with Gasteiger partial charge in [-0.25, -0.2) is 4.98 Å². The lowest BCUT2D eigenvalue weighted by molar-refractivity contribution is 0.0933. The number of nitrogens with zero attached hydrogens (tertiary/aromatic N) is 2. The molecule has 1 unspecified atom stereocenters. The van der Waals surface area contributed by atoms with E-state index in [1.54, 1.807) is 6.20 Å². The Labute approximate surface area is 134 Å². The molecule has 5 nitrogen and oxygen atoms in total. The Morgan fingerprint density at radius 3 is 2.55 bits per heavy atom. The van der Waals surface area contributed by atoms with Crippen molar-refractivity contribution in [3.05, 3.63) is 23.9 Å². The van der Waals surface area contributed by atoms with Crippen molar-refractivity contribution in [3.63, 3.8) is 0 Å². The fourth-order valence-corrected chi connectivity index (χ4v) is 2.46. The van der Waals surface area contributed by atoms with Crippen molar-refractivity contribution in [3.8, 4) is 0 Å². The molecule has 0 aliphatic rings. The van der Waals surface area contributed by atoms with E-state index in [1.807, 2.05) is 12.1 Å². The summed E-state index contributed by atoms with van der Waals surface area (Å²) in [6.45, 7) is 10.8. The highest BCUT2D eigenvalue weighted by molar-refractivity contribution is 5.94. The third kappa shape index (κ3) is 5.64. The van der Waals surface area contributed by atoms with Crippen LogP contribution in [0.5, 0.6) is 0 Å². The molecule has 124 valence electrons. The third-order valence-electron chi connectivity index (χ3n) is 3.58. The molecule has 0 aliphatic heterocycles. The van der Waals surface area contributed by atoms with Crippen LogP contribution in [0, 0.1) is 5.92 Å². The first-order valence-corrected chi connectivity index (χ1v) is 8.23. The van der Waals surface area contributed by atoms with Gasteiger partial charge in [0.15, 0.2) is 0 Å². The molecule has 0 aliphatic carbocycles. The Morgan fingerprint density at radius 2 is 2.09 bits per heavy atom. The molecule has 22 heavy (non-hydrogen) atoms. The molecule has 0 radical (unpaired) electrons. The number of anilines is 1. The molecule has 5 heteroatoms. The van der Waals surface area contributed by atoms with Crippen molar-refractivity contribution in [2.75, 3.05) is 24.5 Å². The highest BCUT2D eigenvalue weighted by atomic mass is 16.1. The van der Waals surface area contributed by atoms with Crippen molar-refractivity contribution in [1.29, 1.82) is 0 Å². The molecule has 1 rings (SSSR count). The predicted octanol–water partition coefficient (Wildman–Crippen LogP) is 2.42. The second-order valence-corrected chi connectivity index (χ2v) is 6.02. The third-order valence-corrected chi connectivity index (χ3v) is 3.58. The van der Waals surface area contributed by atoms with Gasteiger partial charge in [-0.2, -0.15) is 0 Å². The van der Waals surface area contributed by atoms with Crippen LogP contribution in [-0.4, -0.2) is 36.6 Å². The lowest BCUT2D eigenvalue weighted by atomic mass is 10.0. The largest absolute Gasteiger partial charge is 0.357 e. The van der Waals surface area contributed by atoms with Gasteiger partial charge in [0.1, 0.15) is 5.82 Å². The molecular weight excluding hydrogens is 276 g/mol. The lowest BCUT2D eigenvalue weighted by Crippen LogP contribution is -2.41. The van der Waals surface area contributed by atoms with E-state index in [0.29, 0.717) is 18.0 Å². The summed E-state index contributed by atoms with van der Waals surface area (Å²) in [4.78, 5) is 18.9. The van der Waals surface area contributed by atoms with E-state index in [4.69, 9.17) is 5.73 Å². The summed E-state index contributed by atoms with van der Waals surface area (Å²) in [6, 6.07) is 3.76. The van der Waals surface area contributed by atoms with Gasteiger partial charge < -0.3 is 16.0 Å². The normalized spacial score (nSPS) is 12.3. The SMILES string of the molecule is CCCN(CC)c1ccc(C(=O)NC(CN)CC(C)C)cn1. The number of amides is 1. The van der Waals surface area contributed by atoms with Gasteiger partial charge in [0.2, 0.25) is 0 Å². The minimum Gasteiger partial charge on any atom is -0.357 e. The molecule has 0 spiro atoms. The Kier molecular flexibility index (Phi) is 7.88. The van der Waals surface area contributed by atoms with Gasteiger partial charge in [-0.15, -0.1) is 0 Å². The second-order valence-electron chi connectivity index (χ2n) is 6.02. The first kappa shape index (κ1) is 18.4. The molecule has 1 atom stereocenters. The lowest BCUT2D eigenvalue weighted by Gasteiger charge is -2.21. The van der Waals surface area contributed by atoms with Gasteiger partial charge in [0.05, 0.1) is 5.56 Å². The quantitative estimate of drug-likeness (QED) is 0.735. The number of pyridine rings is 1. The topological polar surface area (TPSA) is 71.2 Å². The zero-order valence-electron chi connectivity index (χ0n) is 14.3. The van der Waals surface area contributed by atoms with Gasteiger partial charge in [0, 0.05) is 31.9 Å². The first-order chi connectivity index (χ1) is 10.5. The maximum Gasteiger partial charge on any atom is 0.253 e. The molecule has 0 saturated carbocycles. The number of nitrogens with one attached hydrogen (secondary N) is 1. The second kappa shape index (κ2) is 9.41. The number of hydrogen-bond donors (Lipinski definition) is 2. The van der Waals surface area contributed by atoms with Gasteiger partial charge in [0.25, 0.3) is 5.91 Å². The molecule has 1 heterocycles. The van der Waals surface area contributed by atoms with Crippen LogP contribution in [0.25, 0.3) is 0 Å². The van der Waals surface area contributed by atoms with Crippen LogP contribution in [0.3, 0.4) is 0 Å². The maximum absolute atomic E-state index is 12.3. The summed E-state index contributed by atoms with van der Waals surface area (Å²) >= 11 is 0. The van der Waals surface area contributed by atoms with E-state index in [1.165, 1.54) is 0 Å². The van der Waals surface area contributed by atoms with Crippen molar-refractivity contribution in [2.45, 2.75) is 46.6 Å². The minimum absolute atomic E-state index is 0.0133. The van der Waals surface area contributed by atoms with Crippen LogP contribution in [-0.2, 0) is 0 Å². The highest BCUT2D eigenvalue weighted by Gasteiger charge is 2.14. The Balaban J connectivity index is 2.70. The summed E-state index contributed by atoms with van der Waals surface area (Å²) in [7, 11) is 0. The van der Waals surface area contributed by atoms with E-state index in [0.717, 1.165) is 31.7 Å².